The van der Waals surface area contributed by atoms with E-state index >= 15 is 0 Å². The average molecular weight is 537 g/mol. The first-order chi connectivity index (χ1) is 18.9. The third-order valence-corrected chi connectivity index (χ3v) is 6.83. The molecule has 0 bridgehead atoms. The molecule has 39 heavy (non-hydrogen) atoms. The fourth-order valence-corrected chi connectivity index (χ4v) is 4.74. The summed E-state index contributed by atoms with van der Waals surface area (Å²) < 4.78 is 18.9. The van der Waals surface area contributed by atoms with Crippen molar-refractivity contribution in [3.63, 3.8) is 0 Å². The van der Waals surface area contributed by atoms with Crippen LogP contribution < -0.4 is 14.2 Å². The van der Waals surface area contributed by atoms with Crippen molar-refractivity contribution in [3.8, 4) is 41.1 Å². The van der Waals surface area contributed by atoms with Crippen LogP contribution in [-0.4, -0.2) is 40.3 Å². The maximum Gasteiger partial charge on any atom is 0.278 e. The van der Waals surface area contributed by atoms with Crippen molar-refractivity contribution < 1.29 is 14.2 Å². The molecule has 0 amide bonds. The van der Waals surface area contributed by atoms with Crippen molar-refractivity contribution in [2.24, 2.45) is 0 Å². The zero-order chi connectivity index (χ0) is 27.5. The molecule has 196 valence electrons. The van der Waals surface area contributed by atoms with E-state index in [0.29, 0.717) is 45.8 Å². The van der Waals surface area contributed by atoms with Gasteiger partial charge in [-0.15, -0.1) is 6.42 Å². The molecule has 8 heteroatoms. The van der Waals surface area contributed by atoms with Crippen LogP contribution in [0.3, 0.4) is 0 Å². The number of benzene rings is 3. The number of methoxy groups -OCH3 is 2. The predicted octanol–water partition coefficient (Wildman–Crippen LogP) is 6.58. The first-order valence-corrected chi connectivity index (χ1v) is 12.9. The van der Waals surface area contributed by atoms with Gasteiger partial charge in [0, 0.05) is 10.9 Å². The molecular formula is C31H28N4O3S. The highest BCUT2D eigenvalue weighted by molar-refractivity contribution is 7.71. The Balaban J connectivity index is 1.63. The Labute approximate surface area is 232 Å². The van der Waals surface area contributed by atoms with Crippen LogP contribution in [0.1, 0.15) is 30.9 Å². The SMILES string of the molecule is C#CCOc1ccc2c(c1)c(-c1ccc(C(C)C)cc1)nc(=S)n2Cc1ccc2nc(OC)c(OC)nc2c1. The maximum absolute atomic E-state index is 5.83. The lowest BCUT2D eigenvalue weighted by molar-refractivity contribution is 0.334. The third kappa shape index (κ3) is 5.27. The van der Waals surface area contributed by atoms with E-state index in [4.69, 9.17) is 37.8 Å². The van der Waals surface area contributed by atoms with Gasteiger partial charge in [-0.2, -0.15) is 0 Å². The van der Waals surface area contributed by atoms with Gasteiger partial charge in [0.05, 0.1) is 43.0 Å². The molecule has 0 fully saturated rings. The van der Waals surface area contributed by atoms with Gasteiger partial charge < -0.3 is 18.8 Å². The van der Waals surface area contributed by atoms with E-state index in [1.54, 1.807) is 7.11 Å². The normalized spacial score (nSPS) is 11.1. The lowest BCUT2D eigenvalue weighted by Gasteiger charge is -2.16. The Hall–Kier alpha value is -4.48. The van der Waals surface area contributed by atoms with Gasteiger partial charge in [0.15, 0.2) is 0 Å². The van der Waals surface area contributed by atoms with Crippen LogP contribution in [-0.2, 0) is 6.54 Å². The maximum atomic E-state index is 5.83. The number of hydrogen-bond acceptors (Lipinski definition) is 7. The second kappa shape index (κ2) is 11.1. The minimum atomic E-state index is 0.183. The van der Waals surface area contributed by atoms with Crippen LogP contribution in [0.4, 0.5) is 0 Å². The van der Waals surface area contributed by atoms with Crippen LogP contribution in [0.15, 0.2) is 60.7 Å². The van der Waals surface area contributed by atoms with Crippen molar-refractivity contribution in [2.45, 2.75) is 26.3 Å². The molecule has 5 aromatic rings. The highest BCUT2D eigenvalue weighted by Gasteiger charge is 2.15. The second-order valence-electron chi connectivity index (χ2n) is 9.34. The topological polar surface area (TPSA) is 71.3 Å². The average Bonchev–Trinajstić information content (AvgIpc) is 2.96. The van der Waals surface area contributed by atoms with Crippen LogP contribution in [0.2, 0.25) is 0 Å². The fourth-order valence-electron chi connectivity index (χ4n) is 4.49. The molecule has 0 radical (unpaired) electrons. The molecule has 0 aliphatic rings. The van der Waals surface area contributed by atoms with Gasteiger partial charge in [-0.3, -0.25) is 0 Å². The minimum absolute atomic E-state index is 0.183. The Morgan fingerprint density at radius 1 is 0.897 bits per heavy atom. The molecule has 0 aliphatic heterocycles. The molecule has 7 nitrogen and oxygen atoms in total. The summed E-state index contributed by atoms with van der Waals surface area (Å²) in [5, 5.41) is 0.919. The molecule has 0 saturated heterocycles. The molecule has 0 spiro atoms. The first-order valence-electron chi connectivity index (χ1n) is 12.5. The summed E-state index contributed by atoms with van der Waals surface area (Å²) in [5.41, 5.74) is 6.38. The number of aromatic nitrogens is 4. The smallest absolute Gasteiger partial charge is 0.278 e. The number of ether oxygens (including phenoxy) is 3. The van der Waals surface area contributed by atoms with Crippen LogP contribution in [0.5, 0.6) is 17.5 Å². The standard InChI is InChI=1S/C31H28N4O3S/c1-6-15-38-23-12-14-27-24(17-23)28(22-10-8-21(9-11-22)19(2)3)34-31(39)35(27)18-20-7-13-25-26(16-20)33-30(37-5)29(32-25)36-4/h1,7-14,16-17,19H,15,18H2,2-5H3. The van der Waals surface area contributed by atoms with Crippen LogP contribution in [0.25, 0.3) is 33.2 Å². The Bertz CT molecular complexity index is 1770. The van der Waals surface area contributed by atoms with E-state index in [1.165, 1.54) is 12.7 Å². The monoisotopic (exact) mass is 536 g/mol. The molecule has 2 heterocycles. The number of terminal acetylenes is 1. The minimum Gasteiger partial charge on any atom is -0.481 e. The van der Waals surface area contributed by atoms with Crippen LogP contribution in [0, 0.1) is 17.1 Å². The van der Waals surface area contributed by atoms with Crippen LogP contribution >= 0.6 is 12.2 Å². The lowest BCUT2D eigenvalue weighted by Crippen LogP contribution is -2.08. The fraction of sp³-hybridized carbons (Fsp3) is 0.226. The van der Waals surface area contributed by atoms with Crippen molar-refractivity contribution in [1.29, 1.82) is 0 Å². The molecule has 3 aromatic carbocycles. The quantitative estimate of drug-likeness (QED) is 0.164. The van der Waals surface area contributed by atoms with Gasteiger partial charge in [-0.05, 0) is 59.6 Å². The second-order valence-corrected chi connectivity index (χ2v) is 9.71. The summed E-state index contributed by atoms with van der Waals surface area (Å²) >= 11 is 5.83. The predicted molar refractivity (Wildman–Crippen MR) is 156 cm³/mol. The molecule has 0 unspecified atom stereocenters. The molecule has 0 atom stereocenters. The number of fused-ring (bicyclic) bond motifs is 2. The Morgan fingerprint density at radius 3 is 2.28 bits per heavy atom. The largest absolute Gasteiger partial charge is 0.481 e. The van der Waals surface area contributed by atoms with Gasteiger partial charge in [0.25, 0.3) is 11.8 Å². The van der Waals surface area contributed by atoms with E-state index in [1.807, 2.05) is 41.0 Å². The van der Waals surface area contributed by atoms with E-state index in [-0.39, 0.29) is 6.61 Å². The molecule has 2 aromatic heterocycles. The molecule has 0 N–H and O–H groups in total. The molecular weight excluding hydrogens is 508 g/mol. The highest BCUT2D eigenvalue weighted by Crippen LogP contribution is 2.32. The molecule has 0 saturated carbocycles. The van der Waals surface area contributed by atoms with Crippen molar-refractivity contribution in [1.82, 2.24) is 19.5 Å². The summed E-state index contributed by atoms with van der Waals surface area (Å²) in [6, 6.07) is 20.2. The van der Waals surface area contributed by atoms with Crippen molar-refractivity contribution >= 4 is 34.2 Å². The third-order valence-electron chi connectivity index (χ3n) is 6.52. The zero-order valence-corrected chi connectivity index (χ0v) is 23.1. The summed E-state index contributed by atoms with van der Waals surface area (Å²) in [6.07, 6.45) is 5.42. The Kier molecular flexibility index (Phi) is 7.44. The summed E-state index contributed by atoms with van der Waals surface area (Å²) in [4.78, 5) is 14.0. The lowest BCUT2D eigenvalue weighted by atomic mass is 9.99. The highest BCUT2D eigenvalue weighted by atomic mass is 32.1. The summed E-state index contributed by atoms with van der Waals surface area (Å²) in [7, 11) is 3.08. The molecule has 5 rings (SSSR count). The number of nitrogens with zero attached hydrogens (tertiary/aromatic N) is 4. The van der Waals surface area contributed by atoms with Gasteiger partial charge in [-0.25, -0.2) is 15.0 Å². The van der Waals surface area contributed by atoms with E-state index in [2.05, 4.69) is 54.0 Å². The van der Waals surface area contributed by atoms with Crippen molar-refractivity contribution in [2.75, 3.05) is 20.8 Å². The summed E-state index contributed by atoms with van der Waals surface area (Å²) in [6.45, 7) is 5.03. The number of rotatable bonds is 8. The molecule has 0 aliphatic carbocycles. The Morgan fingerprint density at radius 2 is 1.62 bits per heavy atom. The summed E-state index contributed by atoms with van der Waals surface area (Å²) in [5.74, 6) is 4.31. The van der Waals surface area contributed by atoms with Gasteiger partial charge >= 0.3 is 0 Å². The van der Waals surface area contributed by atoms with Gasteiger partial charge in [-0.1, -0.05) is 50.1 Å². The number of hydrogen-bond donors (Lipinski definition) is 0. The van der Waals surface area contributed by atoms with Gasteiger partial charge in [0.2, 0.25) is 4.77 Å². The van der Waals surface area contributed by atoms with Crippen molar-refractivity contribution in [3.05, 3.63) is 76.6 Å². The van der Waals surface area contributed by atoms with E-state index in [0.717, 1.165) is 27.7 Å². The van der Waals surface area contributed by atoms with Gasteiger partial charge in [0.1, 0.15) is 12.4 Å². The zero-order valence-electron chi connectivity index (χ0n) is 22.3. The van der Waals surface area contributed by atoms with E-state index in [9.17, 15) is 0 Å². The van der Waals surface area contributed by atoms with E-state index < -0.39 is 0 Å². The first kappa shape index (κ1) is 26.1.